The SMILES string of the molecule is CCc1nccn1CC(=O)N(C)Cc1cc(-c2ccccc2)n[nH]1. The van der Waals surface area contributed by atoms with Crippen LogP contribution in [0.3, 0.4) is 0 Å². The van der Waals surface area contributed by atoms with Crippen molar-refractivity contribution in [3.8, 4) is 11.3 Å². The van der Waals surface area contributed by atoms with E-state index < -0.39 is 0 Å². The molecule has 6 heteroatoms. The third kappa shape index (κ3) is 3.53. The van der Waals surface area contributed by atoms with E-state index in [1.165, 1.54) is 0 Å². The molecule has 24 heavy (non-hydrogen) atoms. The van der Waals surface area contributed by atoms with Crippen molar-refractivity contribution in [2.45, 2.75) is 26.4 Å². The van der Waals surface area contributed by atoms with Gasteiger partial charge in [-0.2, -0.15) is 5.10 Å². The molecule has 0 saturated heterocycles. The van der Waals surface area contributed by atoms with Crippen LogP contribution in [0.25, 0.3) is 11.3 Å². The molecule has 0 radical (unpaired) electrons. The Morgan fingerprint density at radius 3 is 2.83 bits per heavy atom. The average Bonchev–Trinajstić information content (AvgIpc) is 3.24. The molecule has 1 N–H and O–H groups in total. The molecule has 0 saturated carbocycles. The summed E-state index contributed by atoms with van der Waals surface area (Å²) in [6.45, 7) is 2.83. The second kappa shape index (κ2) is 7.12. The number of rotatable bonds is 6. The number of hydrogen-bond donors (Lipinski definition) is 1. The molecule has 1 amide bonds. The quantitative estimate of drug-likeness (QED) is 0.758. The topological polar surface area (TPSA) is 66.8 Å². The van der Waals surface area contributed by atoms with E-state index in [1.807, 2.05) is 54.1 Å². The Morgan fingerprint density at radius 1 is 1.29 bits per heavy atom. The Labute approximate surface area is 141 Å². The minimum Gasteiger partial charge on any atom is -0.338 e. The summed E-state index contributed by atoms with van der Waals surface area (Å²) in [6.07, 6.45) is 4.38. The van der Waals surface area contributed by atoms with Crippen molar-refractivity contribution >= 4 is 5.91 Å². The smallest absolute Gasteiger partial charge is 0.242 e. The first-order valence-corrected chi connectivity index (χ1v) is 8.01. The molecule has 0 fully saturated rings. The van der Waals surface area contributed by atoms with Crippen molar-refractivity contribution in [2.75, 3.05) is 7.05 Å². The molecule has 124 valence electrons. The summed E-state index contributed by atoms with van der Waals surface area (Å²) in [4.78, 5) is 18.3. The van der Waals surface area contributed by atoms with E-state index in [2.05, 4.69) is 15.2 Å². The maximum Gasteiger partial charge on any atom is 0.242 e. The third-order valence-electron chi connectivity index (χ3n) is 3.96. The van der Waals surface area contributed by atoms with Gasteiger partial charge in [-0.1, -0.05) is 37.3 Å². The first kappa shape index (κ1) is 16.0. The highest BCUT2D eigenvalue weighted by Crippen LogP contribution is 2.17. The maximum atomic E-state index is 12.4. The zero-order valence-corrected chi connectivity index (χ0v) is 13.9. The highest BCUT2D eigenvalue weighted by Gasteiger charge is 2.13. The number of aryl methyl sites for hydroxylation is 1. The number of H-pyrrole nitrogens is 1. The zero-order chi connectivity index (χ0) is 16.9. The summed E-state index contributed by atoms with van der Waals surface area (Å²) in [5.74, 6) is 0.961. The molecule has 0 aliphatic carbocycles. The van der Waals surface area contributed by atoms with E-state index in [0.717, 1.165) is 29.2 Å². The Balaban J connectivity index is 1.63. The number of carbonyl (C=O) groups excluding carboxylic acids is 1. The summed E-state index contributed by atoms with van der Waals surface area (Å²) in [6, 6.07) is 11.9. The highest BCUT2D eigenvalue weighted by atomic mass is 16.2. The minimum absolute atomic E-state index is 0.0403. The lowest BCUT2D eigenvalue weighted by molar-refractivity contribution is -0.131. The Bertz CT molecular complexity index is 806. The van der Waals surface area contributed by atoms with Crippen LogP contribution in [0.1, 0.15) is 18.4 Å². The second-order valence-electron chi connectivity index (χ2n) is 5.72. The number of imidazole rings is 1. The monoisotopic (exact) mass is 323 g/mol. The van der Waals surface area contributed by atoms with E-state index >= 15 is 0 Å². The van der Waals surface area contributed by atoms with Gasteiger partial charge >= 0.3 is 0 Å². The number of aromatic amines is 1. The number of hydrogen-bond acceptors (Lipinski definition) is 3. The number of likely N-dealkylation sites (N-methyl/N-ethyl adjacent to an activating group) is 1. The van der Waals surface area contributed by atoms with Gasteiger partial charge in [-0.25, -0.2) is 4.98 Å². The summed E-state index contributed by atoms with van der Waals surface area (Å²) < 4.78 is 1.89. The lowest BCUT2D eigenvalue weighted by Crippen LogP contribution is -2.30. The molecular formula is C18H21N5O. The van der Waals surface area contributed by atoms with Crippen LogP contribution in [0.15, 0.2) is 48.8 Å². The van der Waals surface area contributed by atoms with Gasteiger partial charge in [0.05, 0.1) is 17.9 Å². The molecule has 0 aliphatic heterocycles. The van der Waals surface area contributed by atoms with Gasteiger partial charge in [0.1, 0.15) is 12.4 Å². The molecule has 3 aromatic rings. The first-order valence-electron chi connectivity index (χ1n) is 8.01. The molecule has 0 unspecified atom stereocenters. The van der Waals surface area contributed by atoms with E-state index in [-0.39, 0.29) is 5.91 Å². The van der Waals surface area contributed by atoms with Gasteiger partial charge in [-0.15, -0.1) is 0 Å². The molecule has 6 nitrogen and oxygen atoms in total. The van der Waals surface area contributed by atoms with E-state index in [1.54, 1.807) is 18.1 Å². The predicted molar refractivity (Wildman–Crippen MR) is 92.1 cm³/mol. The molecule has 2 heterocycles. The van der Waals surface area contributed by atoms with Crippen molar-refractivity contribution in [1.29, 1.82) is 0 Å². The van der Waals surface area contributed by atoms with Gasteiger partial charge in [0.15, 0.2) is 0 Å². The van der Waals surface area contributed by atoms with E-state index in [9.17, 15) is 4.79 Å². The van der Waals surface area contributed by atoms with Crippen molar-refractivity contribution in [2.24, 2.45) is 0 Å². The van der Waals surface area contributed by atoms with E-state index in [0.29, 0.717) is 13.1 Å². The van der Waals surface area contributed by atoms with Crippen LogP contribution in [0, 0.1) is 0 Å². The summed E-state index contributed by atoms with van der Waals surface area (Å²) in [5, 5.41) is 7.33. The fourth-order valence-corrected chi connectivity index (χ4v) is 2.61. The fraction of sp³-hybridized carbons (Fsp3) is 0.278. The van der Waals surface area contributed by atoms with Crippen LogP contribution in [0.4, 0.5) is 0 Å². The van der Waals surface area contributed by atoms with Gasteiger partial charge < -0.3 is 9.47 Å². The van der Waals surface area contributed by atoms with Gasteiger partial charge in [0.2, 0.25) is 5.91 Å². The fourth-order valence-electron chi connectivity index (χ4n) is 2.61. The van der Waals surface area contributed by atoms with Gasteiger partial charge in [-0.3, -0.25) is 9.89 Å². The van der Waals surface area contributed by atoms with Crippen molar-refractivity contribution in [1.82, 2.24) is 24.6 Å². The zero-order valence-electron chi connectivity index (χ0n) is 13.9. The number of nitrogens with zero attached hydrogens (tertiary/aromatic N) is 4. The summed E-state index contributed by atoms with van der Waals surface area (Å²) >= 11 is 0. The molecule has 0 aliphatic rings. The lowest BCUT2D eigenvalue weighted by Gasteiger charge is -2.17. The average molecular weight is 323 g/mol. The first-order chi connectivity index (χ1) is 11.7. The van der Waals surface area contributed by atoms with Crippen molar-refractivity contribution in [3.05, 3.63) is 60.3 Å². The minimum atomic E-state index is 0.0403. The summed E-state index contributed by atoms with van der Waals surface area (Å²) in [5.41, 5.74) is 2.85. The highest BCUT2D eigenvalue weighted by molar-refractivity contribution is 5.75. The summed E-state index contributed by atoms with van der Waals surface area (Å²) in [7, 11) is 1.80. The molecular weight excluding hydrogens is 302 g/mol. The van der Waals surface area contributed by atoms with Gasteiger partial charge in [-0.05, 0) is 6.07 Å². The number of benzene rings is 1. The lowest BCUT2D eigenvalue weighted by atomic mass is 10.1. The van der Waals surface area contributed by atoms with Gasteiger partial charge in [0.25, 0.3) is 0 Å². The molecule has 1 aromatic carbocycles. The standard InChI is InChI=1S/C18H21N5O/c1-3-17-19-9-10-23(17)13-18(24)22(2)12-15-11-16(21-20-15)14-7-5-4-6-8-14/h4-11H,3,12-13H2,1-2H3,(H,20,21). The Kier molecular flexibility index (Phi) is 4.74. The Hall–Kier alpha value is -2.89. The molecule has 0 atom stereocenters. The van der Waals surface area contributed by atoms with Crippen LogP contribution in [0.5, 0.6) is 0 Å². The van der Waals surface area contributed by atoms with Gasteiger partial charge in [0, 0.05) is 31.4 Å². The van der Waals surface area contributed by atoms with Crippen LogP contribution in [-0.4, -0.2) is 37.6 Å². The molecule has 0 bridgehead atoms. The maximum absolute atomic E-state index is 12.4. The predicted octanol–water partition coefficient (Wildman–Crippen LogP) is 2.49. The van der Waals surface area contributed by atoms with Crippen LogP contribution >= 0.6 is 0 Å². The van der Waals surface area contributed by atoms with Crippen LogP contribution < -0.4 is 0 Å². The molecule has 3 rings (SSSR count). The largest absolute Gasteiger partial charge is 0.338 e. The van der Waals surface area contributed by atoms with Crippen molar-refractivity contribution < 1.29 is 4.79 Å². The van der Waals surface area contributed by atoms with E-state index in [4.69, 9.17) is 0 Å². The molecule has 0 spiro atoms. The number of aromatic nitrogens is 4. The van der Waals surface area contributed by atoms with Crippen molar-refractivity contribution in [3.63, 3.8) is 0 Å². The van der Waals surface area contributed by atoms with Crippen LogP contribution in [-0.2, 0) is 24.3 Å². The third-order valence-corrected chi connectivity index (χ3v) is 3.96. The Morgan fingerprint density at radius 2 is 2.08 bits per heavy atom. The normalized spacial score (nSPS) is 10.8. The van der Waals surface area contributed by atoms with Crippen LogP contribution in [0.2, 0.25) is 0 Å². The number of nitrogens with one attached hydrogen (secondary N) is 1. The molecule has 2 aromatic heterocycles. The number of carbonyl (C=O) groups is 1. The number of amides is 1. The second-order valence-corrected chi connectivity index (χ2v) is 5.72.